The van der Waals surface area contributed by atoms with E-state index in [1.165, 1.54) is 16.9 Å². The first kappa shape index (κ1) is 16.6. The third-order valence-electron chi connectivity index (χ3n) is 3.19. The summed E-state index contributed by atoms with van der Waals surface area (Å²) in [4.78, 5) is -0.00190. The van der Waals surface area contributed by atoms with Crippen LogP contribution in [0.1, 0.15) is 31.1 Å². The molecule has 120 valence electrons. The van der Waals surface area contributed by atoms with Crippen LogP contribution in [0.4, 0.5) is 8.78 Å². The molecule has 0 amide bonds. The average molecular weight is 329 g/mol. The maximum Gasteiger partial charge on any atom is 0.244 e. The first-order valence-electron chi connectivity index (χ1n) is 6.70. The van der Waals surface area contributed by atoms with Gasteiger partial charge in [0, 0.05) is 24.3 Å². The number of aromatic nitrogens is 2. The van der Waals surface area contributed by atoms with E-state index in [4.69, 9.17) is 0 Å². The lowest BCUT2D eigenvalue weighted by Crippen LogP contribution is -2.24. The summed E-state index contributed by atoms with van der Waals surface area (Å²) in [5.74, 6) is -1.59. The van der Waals surface area contributed by atoms with Gasteiger partial charge in [0.25, 0.3) is 0 Å². The first-order valence-corrected chi connectivity index (χ1v) is 8.19. The molecule has 0 radical (unpaired) electrons. The topological polar surface area (TPSA) is 64.0 Å². The van der Waals surface area contributed by atoms with Crippen LogP contribution in [0.3, 0.4) is 0 Å². The molecule has 0 saturated heterocycles. The van der Waals surface area contributed by atoms with E-state index in [1.54, 1.807) is 6.92 Å². The second-order valence-corrected chi connectivity index (χ2v) is 6.91. The Morgan fingerprint density at radius 1 is 1.27 bits per heavy atom. The van der Waals surface area contributed by atoms with Gasteiger partial charge < -0.3 is 0 Å². The Labute approximate surface area is 128 Å². The Balaban J connectivity index is 2.25. The summed E-state index contributed by atoms with van der Waals surface area (Å²) in [6.45, 7) is 4.83. The molecule has 0 bridgehead atoms. The molecule has 8 heteroatoms. The Morgan fingerprint density at radius 3 is 2.36 bits per heavy atom. The van der Waals surface area contributed by atoms with Crippen molar-refractivity contribution in [3.63, 3.8) is 0 Å². The third-order valence-corrected chi connectivity index (χ3v) is 4.70. The molecule has 2 aromatic rings. The Morgan fingerprint density at radius 2 is 1.86 bits per heavy atom. The first-order chi connectivity index (χ1) is 10.2. The number of halogens is 2. The minimum atomic E-state index is -3.90. The SMILES string of the molecule is Cc1nn(C(C)C)cc1S(=O)(=O)NCc1c(F)cccc1F. The second-order valence-electron chi connectivity index (χ2n) is 5.18. The van der Waals surface area contributed by atoms with Gasteiger partial charge in [-0.25, -0.2) is 21.9 Å². The number of nitrogens with zero attached hydrogens (tertiary/aromatic N) is 2. The van der Waals surface area contributed by atoms with E-state index < -0.39 is 28.2 Å². The molecule has 0 atom stereocenters. The molecule has 0 unspecified atom stereocenters. The zero-order valence-electron chi connectivity index (χ0n) is 12.5. The number of sulfonamides is 1. The van der Waals surface area contributed by atoms with Crippen molar-refractivity contribution in [2.45, 2.75) is 38.3 Å². The van der Waals surface area contributed by atoms with Gasteiger partial charge in [-0.1, -0.05) is 6.07 Å². The van der Waals surface area contributed by atoms with Crippen LogP contribution in [0.2, 0.25) is 0 Å². The molecule has 1 aromatic carbocycles. The minimum absolute atomic E-state index is 0.00190. The molecule has 0 saturated carbocycles. The van der Waals surface area contributed by atoms with Crippen molar-refractivity contribution in [2.24, 2.45) is 0 Å². The van der Waals surface area contributed by atoms with Gasteiger partial charge in [0.05, 0.1) is 5.69 Å². The van der Waals surface area contributed by atoms with Crippen LogP contribution in [-0.4, -0.2) is 18.2 Å². The van der Waals surface area contributed by atoms with Gasteiger partial charge in [0.1, 0.15) is 16.5 Å². The summed E-state index contributed by atoms with van der Waals surface area (Å²) >= 11 is 0. The number of rotatable bonds is 5. The van der Waals surface area contributed by atoms with Crippen molar-refractivity contribution < 1.29 is 17.2 Å². The van der Waals surface area contributed by atoms with Crippen molar-refractivity contribution in [1.29, 1.82) is 0 Å². The van der Waals surface area contributed by atoms with Crippen LogP contribution in [0.5, 0.6) is 0 Å². The zero-order valence-corrected chi connectivity index (χ0v) is 13.3. The van der Waals surface area contributed by atoms with Gasteiger partial charge in [-0.15, -0.1) is 0 Å². The fourth-order valence-corrected chi connectivity index (χ4v) is 3.11. The molecule has 1 heterocycles. The van der Waals surface area contributed by atoms with Gasteiger partial charge in [-0.3, -0.25) is 4.68 Å². The molecule has 1 aromatic heterocycles. The third kappa shape index (κ3) is 3.33. The van der Waals surface area contributed by atoms with E-state index in [-0.39, 0.29) is 16.5 Å². The van der Waals surface area contributed by atoms with E-state index in [0.717, 1.165) is 12.1 Å². The van der Waals surface area contributed by atoms with E-state index in [0.29, 0.717) is 5.69 Å². The average Bonchev–Trinajstić information content (AvgIpc) is 2.81. The molecule has 0 aliphatic rings. The fraction of sp³-hybridized carbons (Fsp3) is 0.357. The van der Waals surface area contributed by atoms with Crippen LogP contribution in [0.15, 0.2) is 29.3 Å². The van der Waals surface area contributed by atoms with Crippen molar-refractivity contribution in [2.75, 3.05) is 0 Å². The second kappa shape index (κ2) is 6.13. The lowest BCUT2D eigenvalue weighted by Gasteiger charge is -2.07. The number of benzene rings is 1. The summed E-state index contributed by atoms with van der Waals surface area (Å²) in [6.07, 6.45) is 1.40. The van der Waals surface area contributed by atoms with Gasteiger partial charge in [0.15, 0.2) is 0 Å². The number of aryl methyl sites for hydroxylation is 1. The van der Waals surface area contributed by atoms with Crippen LogP contribution < -0.4 is 4.72 Å². The molecule has 1 N–H and O–H groups in total. The van der Waals surface area contributed by atoms with Gasteiger partial charge >= 0.3 is 0 Å². The summed E-state index contributed by atoms with van der Waals surface area (Å²) < 4.78 is 55.3. The fourth-order valence-electron chi connectivity index (χ4n) is 1.94. The quantitative estimate of drug-likeness (QED) is 0.917. The smallest absolute Gasteiger partial charge is 0.244 e. The maximum absolute atomic E-state index is 13.5. The number of nitrogens with one attached hydrogen (secondary N) is 1. The molecular formula is C14H17F2N3O2S. The molecule has 0 spiro atoms. The molecule has 0 aliphatic carbocycles. The lowest BCUT2D eigenvalue weighted by molar-refractivity contribution is 0.528. The molecule has 0 fully saturated rings. The Kier molecular flexibility index (Phi) is 4.62. The Bertz CT molecular complexity index is 765. The summed E-state index contributed by atoms with van der Waals surface area (Å²) in [5, 5.41) is 4.12. The molecule has 0 aliphatic heterocycles. The lowest BCUT2D eigenvalue weighted by atomic mass is 10.2. The molecule has 5 nitrogen and oxygen atoms in total. The van der Waals surface area contributed by atoms with E-state index in [1.807, 2.05) is 13.8 Å². The van der Waals surface area contributed by atoms with E-state index >= 15 is 0 Å². The highest BCUT2D eigenvalue weighted by atomic mass is 32.2. The summed E-state index contributed by atoms with van der Waals surface area (Å²) in [5.41, 5.74) is 0.00943. The van der Waals surface area contributed by atoms with Crippen molar-refractivity contribution in [1.82, 2.24) is 14.5 Å². The summed E-state index contributed by atoms with van der Waals surface area (Å²) in [7, 11) is -3.90. The zero-order chi connectivity index (χ0) is 16.5. The largest absolute Gasteiger partial charge is 0.269 e. The Hall–Kier alpha value is -1.80. The molecule has 22 heavy (non-hydrogen) atoms. The highest BCUT2D eigenvalue weighted by Gasteiger charge is 2.22. The monoisotopic (exact) mass is 329 g/mol. The van der Waals surface area contributed by atoms with Crippen LogP contribution in [-0.2, 0) is 16.6 Å². The van der Waals surface area contributed by atoms with Crippen LogP contribution in [0.25, 0.3) is 0 Å². The van der Waals surface area contributed by atoms with Gasteiger partial charge in [0.2, 0.25) is 10.0 Å². The minimum Gasteiger partial charge on any atom is -0.269 e. The normalized spacial score (nSPS) is 12.1. The summed E-state index contributed by atoms with van der Waals surface area (Å²) in [6, 6.07) is 3.38. The van der Waals surface area contributed by atoms with Crippen LogP contribution >= 0.6 is 0 Å². The maximum atomic E-state index is 13.5. The van der Waals surface area contributed by atoms with Crippen LogP contribution in [0, 0.1) is 18.6 Å². The standard InChI is InChI=1S/C14H17F2N3O2S/c1-9(2)19-8-14(10(3)18-19)22(20,21)17-7-11-12(15)5-4-6-13(11)16/h4-6,8-9,17H,7H2,1-3H3. The van der Waals surface area contributed by atoms with Gasteiger partial charge in [-0.05, 0) is 32.9 Å². The highest BCUT2D eigenvalue weighted by molar-refractivity contribution is 7.89. The van der Waals surface area contributed by atoms with E-state index in [2.05, 4.69) is 9.82 Å². The van der Waals surface area contributed by atoms with Crippen molar-refractivity contribution in [3.8, 4) is 0 Å². The predicted molar refractivity (Wildman–Crippen MR) is 77.7 cm³/mol. The van der Waals surface area contributed by atoms with E-state index in [9.17, 15) is 17.2 Å². The highest BCUT2D eigenvalue weighted by Crippen LogP contribution is 2.18. The number of hydrogen-bond donors (Lipinski definition) is 1. The number of hydrogen-bond acceptors (Lipinski definition) is 3. The predicted octanol–water partition coefficient (Wildman–Crippen LogP) is 2.53. The molecular weight excluding hydrogens is 312 g/mol. The van der Waals surface area contributed by atoms with Crippen molar-refractivity contribution in [3.05, 3.63) is 47.3 Å². The van der Waals surface area contributed by atoms with Gasteiger partial charge in [-0.2, -0.15) is 5.10 Å². The molecule has 2 rings (SSSR count). The van der Waals surface area contributed by atoms with Crippen molar-refractivity contribution >= 4 is 10.0 Å².